The zero-order chi connectivity index (χ0) is 14.4. The SMILES string of the molecule is O=c1/c(=C\c2cccc(F)c2)sc2nc3ccccc3n12. The monoisotopic (exact) mass is 296 g/mol. The van der Waals surface area contributed by atoms with Crippen LogP contribution in [0.15, 0.2) is 53.3 Å². The van der Waals surface area contributed by atoms with Crippen LogP contribution in [0.1, 0.15) is 5.56 Å². The summed E-state index contributed by atoms with van der Waals surface area (Å²) >= 11 is 1.31. The Labute approximate surface area is 122 Å². The lowest BCUT2D eigenvalue weighted by molar-refractivity contribution is 0.627. The Hall–Kier alpha value is -2.53. The summed E-state index contributed by atoms with van der Waals surface area (Å²) in [6.45, 7) is 0. The van der Waals surface area contributed by atoms with E-state index in [4.69, 9.17) is 0 Å². The van der Waals surface area contributed by atoms with E-state index >= 15 is 0 Å². The smallest absolute Gasteiger partial charge is 0.267 e. The van der Waals surface area contributed by atoms with Gasteiger partial charge < -0.3 is 0 Å². The van der Waals surface area contributed by atoms with Gasteiger partial charge in [0.25, 0.3) is 5.56 Å². The molecule has 5 heteroatoms. The van der Waals surface area contributed by atoms with Gasteiger partial charge >= 0.3 is 0 Å². The number of nitrogens with zero attached hydrogens (tertiary/aromatic N) is 2. The van der Waals surface area contributed by atoms with Crippen molar-refractivity contribution in [1.82, 2.24) is 9.38 Å². The number of fused-ring (bicyclic) bond motifs is 3. The first-order chi connectivity index (χ1) is 10.2. The van der Waals surface area contributed by atoms with Gasteiger partial charge in [-0.1, -0.05) is 35.6 Å². The van der Waals surface area contributed by atoms with Crippen LogP contribution in [0.25, 0.3) is 22.1 Å². The van der Waals surface area contributed by atoms with Crippen LogP contribution in [-0.2, 0) is 0 Å². The molecular weight excluding hydrogens is 287 g/mol. The Morgan fingerprint density at radius 2 is 2.00 bits per heavy atom. The van der Waals surface area contributed by atoms with Crippen molar-refractivity contribution in [2.45, 2.75) is 0 Å². The molecule has 21 heavy (non-hydrogen) atoms. The molecule has 0 atom stereocenters. The first kappa shape index (κ1) is 12.2. The van der Waals surface area contributed by atoms with E-state index in [-0.39, 0.29) is 11.4 Å². The van der Waals surface area contributed by atoms with E-state index in [1.165, 1.54) is 23.5 Å². The van der Waals surface area contributed by atoms with E-state index in [0.717, 1.165) is 11.0 Å². The molecule has 4 aromatic rings. The Balaban J connectivity index is 2.03. The minimum Gasteiger partial charge on any atom is -0.267 e. The normalized spacial score (nSPS) is 12.5. The summed E-state index contributed by atoms with van der Waals surface area (Å²) in [5.41, 5.74) is 2.15. The highest BCUT2D eigenvalue weighted by molar-refractivity contribution is 7.15. The number of halogens is 1. The molecule has 0 aliphatic carbocycles. The highest BCUT2D eigenvalue weighted by Gasteiger charge is 2.10. The van der Waals surface area contributed by atoms with E-state index in [0.29, 0.717) is 15.1 Å². The molecule has 0 N–H and O–H groups in total. The average molecular weight is 296 g/mol. The number of imidazole rings is 1. The largest absolute Gasteiger partial charge is 0.274 e. The molecule has 0 unspecified atom stereocenters. The van der Waals surface area contributed by atoms with Gasteiger partial charge in [0.05, 0.1) is 15.6 Å². The van der Waals surface area contributed by atoms with Crippen molar-refractivity contribution in [3.63, 3.8) is 0 Å². The zero-order valence-electron chi connectivity index (χ0n) is 10.8. The van der Waals surface area contributed by atoms with Gasteiger partial charge in [-0.3, -0.25) is 4.79 Å². The van der Waals surface area contributed by atoms with Gasteiger partial charge in [0.1, 0.15) is 5.82 Å². The lowest BCUT2D eigenvalue weighted by atomic mass is 10.2. The second-order valence-corrected chi connectivity index (χ2v) is 5.70. The molecule has 0 bridgehead atoms. The second kappa shape index (κ2) is 4.49. The summed E-state index contributed by atoms with van der Waals surface area (Å²) in [7, 11) is 0. The standard InChI is InChI=1S/C16H9FN2OS/c17-11-5-3-4-10(8-11)9-14-15(20)19-13-7-2-1-6-12(13)18-16(19)21-14/h1-9H/b14-9+. The van der Waals surface area contributed by atoms with Crippen molar-refractivity contribution in [3.8, 4) is 0 Å². The Morgan fingerprint density at radius 3 is 2.86 bits per heavy atom. The Morgan fingerprint density at radius 1 is 1.14 bits per heavy atom. The van der Waals surface area contributed by atoms with Crippen LogP contribution in [0, 0.1) is 5.82 Å². The third kappa shape index (κ3) is 1.94. The van der Waals surface area contributed by atoms with E-state index in [1.54, 1.807) is 22.6 Å². The van der Waals surface area contributed by atoms with E-state index in [2.05, 4.69) is 4.98 Å². The molecule has 2 aromatic carbocycles. The predicted molar refractivity (Wildman–Crippen MR) is 82.0 cm³/mol. The highest BCUT2D eigenvalue weighted by Crippen LogP contribution is 2.15. The predicted octanol–water partition coefficient (Wildman–Crippen LogP) is 2.60. The number of thiazole rings is 1. The van der Waals surface area contributed by atoms with Gasteiger partial charge in [-0.15, -0.1) is 0 Å². The van der Waals surface area contributed by atoms with Crippen molar-refractivity contribution < 1.29 is 4.39 Å². The maximum Gasteiger partial charge on any atom is 0.274 e. The third-order valence-electron chi connectivity index (χ3n) is 3.29. The molecule has 4 rings (SSSR count). The molecule has 2 aromatic heterocycles. The van der Waals surface area contributed by atoms with Gasteiger partial charge in [0.15, 0.2) is 4.96 Å². The van der Waals surface area contributed by atoms with E-state index in [1.807, 2.05) is 24.3 Å². The first-order valence-electron chi connectivity index (χ1n) is 6.40. The molecule has 0 spiro atoms. The molecule has 3 nitrogen and oxygen atoms in total. The minimum absolute atomic E-state index is 0.118. The van der Waals surface area contributed by atoms with Crippen LogP contribution in [0.3, 0.4) is 0 Å². The lowest BCUT2D eigenvalue weighted by Crippen LogP contribution is -2.22. The summed E-state index contributed by atoms with van der Waals surface area (Å²) < 4.78 is 15.4. The summed E-state index contributed by atoms with van der Waals surface area (Å²) in [5.74, 6) is -0.317. The molecule has 0 aliphatic heterocycles. The summed E-state index contributed by atoms with van der Waals surface area (Å²) in [6.07, 6.45) is 1.69. The summed E-state index contributed by atoms with van der Waals surface area (Å²) in [6, 6.07) is 13.7. The van der Waals surface area contributed by atoms with Crippen LogP contribution >= 0.6 is 11.3 Å². The first-order valence-corrected chi connectivity index (χ1v) is 7.21. The van der Waals surface area contributed by atoms with Crippen molar-refractivity contribution >= 4 is 33.4 Å². The van der Waals surface area contributed by atoms with Crippen LogP contribution < -0.4 is 10.1 Å². The van der Waals surface area contributed by atoms with Gasteiger partial charge in [0.2, 0.25) is 0 Å². The molecule has 0 fully saturated rings. The second-order valence-electron chi connectivity index (χ2n) is 4.69. The minimum atomic E-state index is -0.317. The van der Waals surface area contributed by atoms with Crippen molar-refractivity contribution in [1.29, 1.82) is 0 Å². The zero-order valence-corrected chi connectivity index (χ0v) is 11.6. The number of hydrogen-bond acceptors (Lipinski definition) is 3. The fourth-order valence-electron chi connectivity index (χ4n) is 2.36. The lowest BCUT2D eigenvalue weighted by Gasteiger charge is -1.91. The topological polar surface area (TPSA) is 34.4 Å². The molecule has 0 aliphatic rings. The molecule has 102 valence electrons. The third-order valence-corrected chi connectivity index (χ3v) is 4.26. The van der Waals surface area contributed by atoms with Gasteiger partial charge in [-0.25, -0.2) is 13.8 Å². The fourth-order valence-corrected chi connectivity index (χ4v) is 3.35. The molecule has 0 saturated carbocycles. The van der Waals surface area contributed by atoms with Crippen molar-refractivity contribution in [2.75, 3.05) is 0 Å². The van der Waals surface area contributed by atoms with E-state index in [9.17, 15) is 9.18 Å². The molecule has 2 heterocycles. The van der Waals surface area contributed by atoms with Crippen molar-refractivity contribution in [3.05, 3.63) is 74.8 Å². The quantitative estimate of drug-likeness (QED) is 0.541. The number of rotatable bonds is 1. The number of benzene rings is 2. The van der Waals surface area contributed by atoms with Crippen LogP contribution in [-0.4, -0.2) is 9.38 Å². The maximum atomic E-state index is 13.2. The number of aromatic nitrogens is 2. The fraction of sp³-hybridized carbons (Fsp3) is 0. The van der Waals surface area contributed by atoms with E-state index < -0.39 is 0 Å². The van der Waals surface area contributed by atoms with Crippen LogP contribution in [0.2, 0.25) is 0 Å². The van der Waals surface area contributed by atoms with Gasteiger partial charge in [-0.05, 0) is 35.9 Å². The van der Waals surface area contributed by atoms with Crippen LogP contribution in [0.4, 0.5) is 4.39 Å². The molecule has 0 saturated heterocycles. The average Bonchev–Trinajstić information content (AvgIpc) is 2.97. The van der Waals surface area contributed by atoms with Gasteiger partial charge in [0, 0.05) is 0 Å². The summed E-state index contributed by atoms with van der Waals surface area (Å²) in [4.78, 5) is 17.6. The highest BCUT2D eigenvalue weighted by atomic mass is 32.1. The number of para-hydroxylation sites is 2. The molecular formula is C16H9FN2OS. The summed E-state index contributed by atoms with van der Waals surface area (Å²) in [5, 5.41) is 0. The Bertz CT molecular complexity index is 1080. The van der Waals surface area contributed by atoms with Gasteiger partial charge in [-0.2, -0.15) is 0 Å². The Kier molecular flexibility index (Phi) is 2.62. The molecule has 0 amide bonds. The molecule has 0 radical (unpaired) electrons. The van der Waals surface area contributed by atoms with Crippen LogP contribution in [0.5, 0.6) is 0 Å². The van der Waals surface area contributed by atoms with Crippen molar-refractivity contribution in [2.24, 2.45) is 0 Å². The number of hydrogen-bond donors (Lipinski definition) is 0. The maximum absolute atomic E-state index is 13.2.